The molecule has 0 aromatic heterocycles. The van der Waals surface area contributed by atoms with Crippen LogP contribution in [0.5, 0.6) is 0 Å². The first-order valence-electron chi connectivity index (χ1n) is 9.24. The second-order valence-corrected chi connectivity index (χ2v) is 7.32. The fourth-order valence-corrected chi connectivity index (χ4v) is 3.77. The molecule has 2 heterocycles. The van der Waals surface area contributed by atoms with Gasteiger partial charge < -0.3 is 15.1 Å². The van der Waals surface area contributed by atoms with E-state index in [0.29, 0.717) is 31.8 Å². The molecule has 1 unspecified atom stereocenters. The average Bonchev–Trinajstić information content (AvgIpc) is 2.65. The summed E-state index contributed by atoms with van der Waals surface area (Å²) in [4.78, 5) is 28.5. The van der Waals surface area contributed by atoms with Gasteiger partial charge in [-0.2, -0.15) is 0 Å². The summed E-state index contributed by atoms with van der Waals surface area (Å²) in [6, 6.07) is 3.21. The smallest absolute Gasteiger partial charge is 0.321 e. The maximum Gasteiger partial charge on any atom is 0.321 e. The number of carbonyl (C=O) groups excluding carboxylic acids is 2. The Hall–Kier alpha value is -2.18. The summed E-state index contributed by atoms with van der Waals surface area (Å²) >= 11 is 0. The Morgan fingerprint density at radius 2 is 1.81 bits per heavy atom. The first-order valence-corrected chi connectivity index (χ1v) is 9.24. The summed E-state index contributed by atoms with van der Waals surface area (Å²) < 4.78 is 26.9. The lowest BCUT2D eigenvalue weighted by molar-refractivity contribution is -0.138. The molecule has 0 spiro atoms. The second kappa shape index (κ2) is 8.01. The van der Waals surface area contributed by atoms with Crippen molar-refractivity contribution in [2.75, 3.05) is 31.5 Å². The van der Waals surface area contributed by atoms with Crippen molar-refractivity contribution in [3.63, 3.8) is 0 Å². The number of anilines is 1. The van der Waals surface area contributed by atoms with Crippen LogP contribution in [-0.2, 0) is 4.79 Å². The predicted molar refractivity (Wildman–Crippen MR) is 94.7 cm³/mol. The van der Waals surface area contributed by atoms with Crippen molar-refractivity contribution in [1.82, 2.24) is 9.80 Å². The zero-order chi connectivity index (χ0) is 18.7. The van der Waals surface area contributed by atoms with Crippen molar-refractivity contribution >= 4 is 17.6 Å². The molecule has 2 aliphatic heterocycles. The lowest BCUT2D eigenvalue weighted by atomic mass is 9.93. The molecule has 142 valence electrons. The third kappa shape index (κ3) is 4.14. The van der Waals surface area contributed by atoms with Gasteiger partial charge in [0.25, 0.3) is 0 Å². The zero-order valence-corrected chi connectivity index (χ0v) is 15.0. The van der Waals surface area contributed by atoms with E-state index in [9.17, 15) is 18.4 Å². The van der Waals surface area contributed by atoms with Crippen LogP contribution < -0.4 is 5.32 Å². The van der Waals surface area contributed by atoms with Crippen molar-refractivity contribution in [3.05, 3.63) is 29.8 Å². The van der Waals surface area contributed by atoms with Crippen LogP contribution in [0.25, 0.3) is 0 Å². The molecular weight excluding hydrogens is 340 g/mol. The topological polar surface area (TPSA) is 52.7 Å². The van der Waals surface area contributed by atoms with Gasteiger partial charge in [-0.05, 0) is 43.7 Å². The fourth-order valence-electron chi connectivity index (χ4n) is 3.77. The Balaban J connectivity index is 1.52. The molecule has 0 bridgehead atoms. The minimum Gasteiger partial charge on any atom is -0.342 e. The van der Waals surface area contributed by atoms with E-state index in [2.05, 4.69) is 12.2 Å². The molecule has 0 radical (unpaired) electrons. The van der Waals surface area contributed by atoms with Crippen LogP contribution in [0.2, 0.25) is 0 Å². The molecule has 0 aliphatic carbocycles. The van der Waals surface area contributed by atoms with Gasteiger partial charge in [-0.1, -0.05) is 13.0 Å². The summed E-state index contributed by atoms with van der Waals surface area (Å²) in [5, 5.41) is 2.41. The van der Waals surface area contributed by atoms with Crippen LogP contribution in [0.3, 0.4) is 0 Å². The molecule has 1 N–H and O–H groups in total. The standard InChI is InChI=1S/C19H25F2N3O2/c1-13-4-3-9-24(12-13)18(25)14-7-10-23(11-8-14)19(26)22-16-6-2-5-15(20)17(16)21/h2,5-6,13-14H,3-4,7-12H2,1H3,(H,22,26). The van der Waals surface area contributed by atoms with Crippen molar-refractivity contribution in [1.29, 1.82) is 0 Å². The molecule has 3 rings (SSSR count). The average molecular weight is 365 g/mol. The van der Waals surface area contributed by atoms with Crippen LogP contribution in [0.15, 0.2) is 18.2 Å². The van der Waals surface area contributed by atoms with Gasteiger partial charge in [0, 0.05) is 32.1 Å². The monoisotopic (exact) mass is 365 g/mol. The van der Waals surface area contributed by atoms with E-state index in [4.69, 9.17) is 0 Å². The highest BCUT2D eigenvalue weighted by atomic mass is 19.2. The van der Waals surface area contributed by atoms with E-state index >= 15 is 0 Å². The van der Waals surface area contributed by atoms with Gasteiger partial charge >= 0.3 is 6.03 Å². The van der Waals surface area contributed by atoms with Crippen LogP contribution >= 0.6 is 0 Å². The van der Waals surface area contributed by atoms with Gasteiger partial charge in [0.2, 0.25) is 5.91 Å². The van der Waals surface area contributed by atoms with Crippen molar-refractivity contribution < 1.29 is 18.4 Å². The van der Waals surface area contributed by atoms with E-state index in [1.165, 1.54) is 18.6 Å². The van der Waals surface area contributed by atoms with E-state index < -0.39 is 17.7 Å². The summed E-state index contributed by atoms with van der Waals surface area (Å²) in [6.07, 6.45) is 3.41. The number of hydrogen-bond acceptors (Lipinski definition) is 2. The number of halogens is 2. The number of nitrogens with zero attached hydrogens (tertiary/aromatic N) is 2. The lowest BCUT2D eigenvalue weighted by Crippen LogP contribution is -2.47. The third-order valence-corrected chi connectivity index (χ3v) is 5.29. The molecule has 26 heavy (non-hydrogen) atoms. The van der Waals surface area contributed by atoms with Gasteiger partial charge in [-0.3, -0.25) is 4.79 Å². The predicted octanol–water partition coefficient (Wildman–Crippen LogP) is 3.47. The maximum atomic E-state index is 13.7. The highest BCUT2D eigenvalue weighted by molar-refractivity contribution is 5.89. The quantitative estimate of drug-likeness (QED) is 0.873. The molecule has 0 saturated carbocycles. The number of amides is 3. The summed E-state index contributed by atoms with van der Waals surface area (Å²) in [6.45, 7) is 4.67. The molecule has 3 amide bonds. The van der Waals surface area contributed by atoms with Crippen LogP contribution in [0.1, 0.15) is 32.6 Å². The Morgan fingerprint density at radius 1 is 1.08 bits per heavy atom. The van der Waals surface area contributed by atoms with Crippen molar-refractivity contribution in [2.24, 2.45) is 11.8 Å². The third-order valence-electron chi connectivity index (χ3n) is 5.29. The minimum absolute atomic E-state index is 0.0599. The lowest BCUT2D eigenvalue weighted by Gasteiger charge is -2.37. The van der Waals surface area contributed by atoms with Crippen molar-refractivity contribution in [3.8, 4) is 0 Å². The van der Waals surface area contributed by atoms with E-state index in [1.54, 1.807) is 4.90 Å². The molecule has 1 aromatic carbocycles. The molecule has 2 saturated heterocycles. The fraction of sp³-hybridized carbons (Fsp3) is 0.579. The van der Waals surface area contributed by atoms with E-state index in [-0.39, 0.29) is 17.5 Å². The van der Waals surface area contributed by atoms with Gasteiger partial charge in [0.05, 0.1) is 5.69 Å². The Labute approximate surface area is 152 Å². The highest BCUT2D eigenvalue weighted by Gasteiger charge is 2.32. The molecule has 5 nitrogen and oxygen atoms in total. The molecular formula is C19H25F2N3O2. The second-order valence-electron chi connectivity index (χ2n) is 7.32. The number of rotatable bonds is 2. The first-order chi connectivity index (χ1) is 12.5. The SMILES string of the molecule is CC1CCCN(C(=O)C2CCN(C(=O)Nc3cccc(F)c3F)CC2)C1. The summed E-state index contributed by atoms with van der Waals surface area (Å²) in [5.74, 6) is -1.39. The zero-order valence-electron chi connectivity index (χ0n) is 15.0. The van der Waals surface area contributed by atoms with Crippen LogP contribution in [0, 0.1) is 23.5 Å². The molecule has 2 aliphatic rings. The Morgan fingerprint density at radius 3 is 2.50 bits per heavy atom. The van der Waals surface area contributed by atoms with Gasteiger partial charge in [-0.15, -0.1) is 0 Å². The van der Waals surface area contributed by atoms with Gasteiger partial charge in [0.15, 0.2) is 11.6 Å². The molecule has 7 heteroatoms. The van der Waals surface area contributed by atoms with Crippen LogP contribution in [-0.4, -0.2) is 47.9 Å². The number of carbonyl (C=O) groups is 2. The largest absolute Gasteiger partial charge is 0.342 e. The van der Waals surface area contributed by atoms with Gasteiger partial charge in [0.1, 0.15) is 0 Å². The van der Waals surface area contributed by atoms with E-state index in [0.717, 1.165) is 25.6 Å². The number of piperidine rings is 2. The number of benzene rings is 1. The minimum atomic E-state index is -1.06. The Bertz CT molecular complexity index is 675. The Kier molecular flexibility index (Phi) is 5.74. The van der Waals surface area contributed by atoms with Crippen molar-refractivity contribution in [2.45, 2.75) is 32.6 Å². The van der Waals surface area contributed by atoms with Gasteiger partial charge in [-0.25, -0.2) is 13.6 Å². The first kappa shape index (κ1) is 18.6. The normalized spacial score (nSPS) is 21.6. The molecule has 2 fully saturated rings. The number of likely N-dealkylation sites (tertiary alicyclic amines) is 2. The maximum absolute atomic E-state index is 13.7. The molecule has 1 aromatic rings. The van der Waals surface area contributed by atoms with E-state index in [1.807, 2.05) is 4.90 Å². The summed E-state index contributed by atoms with van der Waals surface area (Å²) in [5.41, 5.74) is -0.171. The molecule has 1 atom stereocenters. The number of hydrogen-bond donors (Lipinski definition) is 1. The summed E-state index contributed by atoms with van der Waals surface area (Å²) in [7, 11) is 0. The number of urea groups is 1. The highest BCUT2D eigenvalue weighted by Crippen LogP contribution is 2.24. The number of nitrogens with one attached hydrogen (secondary N) is 1. The van der Waals surface area contributed by atoms with Crippen LogP contribution in [0.4, 0.5) is 19.3 Å².